The normalized spacial score (nSPS) is 22.1. The molecule has 3 heterocycles. The monoisotopic (exact) mass is 1900 g/mol. The number of carboxylic acid groups (broad SMARTS) is 1. The lowest BCUT2D eigenvalue weighted by Crippen LogP contribution is -2.66. The van der Waals surface area contributed by atoms with Gasteiger partial charge in [-0.15, -0.1) is 0 Å². The summed E-state index contributed by atoms with van der Waals surface area (Å²) in [5.41, 5.74) is 0. The van der Waals surface area contributed by atoms with Gasteiger partial charge in [0.05, 0.1) is 119 Å². The predicted octanol–water partition coefficient (Wildman–Crippen LogP) is -4.71. The topological polar surface area (TPSA) is 645 Å². The van der Waals surface area contributed by atoms with E-state index in [9.17, 15) is 91.4 Å². The van der Waals surface area contributed by atoms with Gasteiger partial charge >= 0.3 is 59.7 Å². The van der Waals surface area contributed by atoms with Crippen molar-refractivity contribution in [1.82, 2.24) is 42.5 Å². The Balaban J connectivity index is 1.55. The van der Waals surface area contributed by atoms with E-state index in [-0.39, 0.29) is 184 Å². The molecule has 0 bridgehead atoms. The number of hydrogen-bond donors (Lipinski definition) is 9. The first-order chi connectivity index (χ1) is 62.8. The Labute approximate surface area is 762 Å². The molecule has 3 fully saturated rings. The lowest BCUT2D eigenvalue weighted by molar-refractivity contribution is -0.279. The van der Waals surface area contributed by atoms with E-state index in [1.54, 1.807) is 0 Å². The number of esters is 9. The predicted molar refractivity (Wildman–Crippen MR) is 440 cm³/mol. The van der Waals surface area contributed by atoms with Crippen LogP contribution in [0.1, 0.15) is 129 Å². The molecular formula is C81H130N8O43. The molecule has 132 heavy (non-hydrogen) atoms. The minimum absolute atomic E-state index is 0.000110. The largest absolute Gasteiger partial charge is 0.480 e. The van der Waals surface area contributed by atoms with Gasteiger partial charge < -0.3 is 161 Å². The molecule has 9 N–H and O–H groups in total. The Bertz CT molecular complexity index is 3620. The van der Waals surface area contributed by atoms with Crippen molar-refractivity contribution in [2.75, 3.05) is 172 Å². The highest BCUT2D eigenvalue weighted by Gasteiger charge is 2.55. The minimum Gasteiger partial charge on any atom is -0.480 e. The van der Waals surface area contributed by atoms with Crippen LogP contribution in [-0.4, -0.2) is 394 Å². The molecular weight excluding hydrogens is 1770 g/mol. The van der Waals surface area contributed by atoms with Gasteiger partial charge in [0.15, 0.2) is 55.5 Å². The number of aliphatic carboxylic acids is 1. The molecule has 0 aromatic carbocycles. The fraction of sp³-hybridized carbons (Fsp3) is 0.778. The number of nitrogens with one attached hydrogen (secondary N) is 8. The van der Waals surface area contributed by atoms with Crippen LogP contribution in [0.2, 0.25) is 0 Å². The Morgan fingerprint density at radius 1 is 0.295 bits per heavy atom. The first-order valence-electron chi connectivity index (χ1n) is 42.7. The van der Waals surface area contributed by atoms with Crippen LogP contribution >= 0.6 is 0 Å². The third kappa shape index (κ3) is 50.6. The van der Waals surface area contributed by atoms with Crippen molar-refractivity contribution in [2.24, 2.45) is 0 Å². The molecule has 0 aliphatic carbocycles. The van der Waals surface area contributed by atoms with Crippen LogP contribution < -0.4 is 42.5 Å². The zero-order chi connectivity index (χ0) is 98.0. The van der Waals surface area contributed by atoms with Crippen molar-refractivity contribution >= 4 is 107 Å². The van der Waals surface area contributed by atoms with E-state index >= 15 is 0 Å². The van der Waals surface area contributed by atoms with Crippen LogP contribution in [0.15, 0.2) is 0 Å². The second kappa shape index (κ2) is 66.3. The Kier molecular flexibility index (Phi) is 58.3. The summed E-state index contributed by atoms with van der Waals surface area (Å²) in [7, 11) is 0. The van der Waals surface area contributed by atoms with E-state index in [1.165, 1.54) is 27.7 Å². The highest BCUT2D eigenvalue weighted by molar-refractivity contribution is 5.93. The van der Waals surface area contributed by atoms with Crippen LogP contribution in [0.4, 0.5) is 0 Å². The summed E-state index contributed by atoms with van der Waals surface area (Å²) in [5, 5.41) is 30.4. The van der Waals surface area contributed by atoms with Crippen LogP contribution in [0, 0.1) is 0 Å². The van der Waals surface area contributed by atoms with Crippen molar-refractivity contribution in [3.8, 4) is 0 Å². The maximum absolute atomic E-state index is 14.2. The molecule has 51 heteroatoms. The summed E-state index contributed by atoms with van der Waals surface area (Å²) in [6.45, 7) is 12.3. The zero-order valence-electron chi connectivity index (χ0n) is 76.6. The third-order valence-corrected chi connectivity index (χ3v) is 18.2. The first-order valence-corrected chi connectivity index (χ1v) is 42.7. The van der Waals surface area contributed by atoms with Gasteiger partial charge in [0.25, 0.3) is 0 Å². The number of ether oxygens (including phenoxy) is 24. The fourth-order valence-electron chi connectivity index (χ4n) is 12.7. The van der Waals surface area contributed by atoms with Crippen molar-refractivity contribution in [2.45, 2.75) is 239 Å². The van der Waals surface area contributed by atoms with Crippen molar-refractivity contribution in [3.05, 3.63) is 0 Å². The molecule has 0 aromatic heterocycles. The van der Waals surface area contributed by atoms with E-state index in [0.717, 1.165) is 62.3 Å². The molecule has 0 saturated carbocycles. The van der Waals surface area contributed by atoms with Crippen LogP contribution in [0.3, 0.4) is 0 Å². The SMILES string of the molecule is CC(=O)N[C@H]1[C@H](OCCOCCOCCOCC(=O)NCCCC[C@H](NC(=O)COCCOCCOCCO[C@@H]2O[C@H](COC(C)=O)[C@H](OC(C)=O)[C@H](OC(C)=O)[C@H]2NC(C)=O)C(=O)N[C@@H](CCCCNC(=O)COCCOCCOCCO[C@@H]2O[C@H](COC(C)=O)[C@H](OC(C)=O)[C@H](OC(C)=O)[C@H]2NC(C)=O)C(=O)N[C@@H](C)C(=O)O)O[C@H](COC(C)=O)[C@H](OC(C)=O)[C@@H]1OC(C)=O. The summed E-state index contributed by atoms with van der Waals surface area (Å²) in [4.78, 5) is 223. The molecule has 0 aromatic rings. The molecule has 8 amide bonds. The van der Waals surface area contributed by atoms with Gasteiger partial charge in [0, 0.05) is 96.2 Å². The molecule has 752 valence electrons. The molecule has 18 atom stereocenters. The number of hydrogen-bond acceptors (Lipinski definition) is 42. The molecule has 3 aliphatic rings. The molecule has 0 spiro atoms. The van der Waals surface area contributed by atoms with E-state index in [2.05, 4.69) is 42.5 Å². The van der Waals surface area contributed by atoms with E-state index in [0.29, 0.717) is 0 Å². The van der Waals surface area contributed by atoms with E-state index < -0.39 is 243 Å². The lowest BCUT2D eigenvalue weighted by atomic mass is 9.96. The highest BCUT2D eigenvalue weighted by atomic mass is 16.7. The number of carboxylic acids is 1. The van der Waals surface area contributed by atoms with Gasteiger partial charge in [-0.05, 0) is 45.4 Å². The maximum atomic E-state index is 14.2. The molecule has 0 radical (unpaired) electrons. The number of rotatable bonds is 67. The Morgan fingerprint density at radius 3 is 0.811 bits per heavy atom. The molecule has 51 nitrogen and oxygen atoms in total. The summed E-state index contributed by atoms with van der Waals surface area (Å²) < 4.78 is 133. The van der Waals surface area contributed by atoms with Crippen molar-refractivity contribution in [1.29, 1.82) is 0 Å². The average Bonchev–Trinajstić information content (AvgIpc) is 0.783. The zero-order valence-corrected chi connectivity index (χ0v) is 76.6. The van der Waals surface area contributed by atoms with Crippen molar-refractivity contribution < 1.29 is 205 Å². The minimum atomic E-state index is -1.40. The van der Waals surface area contributed by atoms with Crippen LogP contribution in [0.5, 0.6) is 0 Å². The standard InChI is InChI=1S/C81H130N8O43/c1-46(78(107)108)84-76(105)60(19-15-17-21-83-65(103)44-116-32-29-110-23-26-113-35-38-119-80-68(86-48(3)91)74(128-57(12)100)71(125-54(9)97)62(131-80)41-122-51(6)94)89-77(106)59(88-66(104)45-117-33-30-111-24-27-114-36-39-120-81-69(87-49(4)92)75(129-58(13)101)72(126-55(10)98)63(132-81)42-123-52(7)95)18-14-16-20-82-64(102)43-115-31-28-109-22-25-112-34-37-118-79-67(85-47(2)90)73(127-56(11)99)70(124-53(8)96)61(130-79)40-121-50(5)93/h46,59-63,67-75,79-81H,14-45H2,1-13H3,(H,82,102)(H,83,103)(H,84,105)(H,85,90)(H,86,91)(H,87,92)(H,88,104)(H,89,106)(H,107,108)/t46-,59-,60-,61+,62+,63+,67+,68+,69+,70-,71-,72-,73+,74+,75+,79+,80+,81+/m0/s1. The first kappa shape index (κ1) is 116. The van der Waals surface area contributed by atoms with E-state index in [1.807, 2.05) is 0 Å². The summed E-state index contributed by atoms with van der Waals surface area (Å²) in [5.74, 6) is -13.2. The van der Waals surface area contributed by atoms with Gasteiger partial charge in [-0.25, -0.2) is 0 Å². The molecule has 3 rings (SSSR count). The summed E-state index contributed by atoms with van der Waals surface area (Å²) in [6.07, 6.45) is -14.5. The number of carbonyl (C=O) groups excluding carboxylic acids is 17. The van der Waals surface area contributed by atoms with Gasteiger partial charge in [-0.3, -0.25) is 86.3 Å². The van der Waals surface area contributed by atoms with Gasteiger partial charge in [-0.2, -0.15) is 0 Å². The van der Waals surface area contributed by atoms with Gasteiger partial charge in [-0.1, -0.05) is 0 Å². The second-order valence-electron chi connectivity index (χ2n) is 29.5. The quantitative estimate of drug-likeness (QED) is 0.0157. The maximum Gasteiger partial charge on any atom is 0.325 e. The van der Waals surface area contributed by atoms with Gasteiger partial charge in [0.1, 0.15) is 94.2 Å². The van der Waals surface area contributed by atoms with Gasteiger partial charge in [0.2, 0.25) is 47.3 Å². The fourth-order valence-corrected chi connectivity index (χ4v) is 12.7. The average molecular weight is 1900 g/mol. The third-order valence-electron chi connectivity index (χ3n) is 18.2. The Morgan fingerprint density at radius 2 is 0.545 bits per heavy atom. The summed E-state index contributed by atoms with van der Waals surface area (Å²) in [6, 6.07) is -7.63. The smallest absolute Gasteiger partial charge is 0.325 e. The van der Waals surface area contributed by atoms with E-state index in [4.69, 9.17) is 114 Å². The summed E-state index contributed by atoms with van der Waals surface area (Å²) >= 11 is 0. The molecule has 3 saturated heterocycles. The Hall–Kier alpha value is -10.1. The molecule has 0 unspecified atom stereocenters. The van der Waals surface area contributed by atoms with Crippen LogP contribution in [0.25, 0.3) is 0 Å². The number of amides is 8. The second-order valence-corrected chi connectivity index (χ2v) is 29.5. The number of carbonyl (C=O) groups is 18. The highest BCUT2D eigenvalue weighted by Crippen LogP contribution is 2.32. The lowest BCUT2D eigenvalue weighted by Gasteiger charge is -2.44. The molecule has 3 aliphatic heterocycles. The van der Waals surface area contributed by atoms with Crippen LogP contribution in [-0.2, 0) is 200 Å². The van der Waals surface area contributed by atoms with Crippen molar-refractivity contribution in [3.63, 3.8) is 0 Å². The number of unbranched alkanes of at least 4 members (excludes halogenated alkanes) is 2.